The monoisotopic (exact) mass is 350 g/mol. The fraction of sp³-hybridized carbons (Fsp3) is 0.0526. The van der Waals surface area contributed by atoms with Gasteiger partial charge in [0.15, 0.2) is 5.82 Å². The fourth-order valence-corrected chi connectivity index (χ4v) is 2.73. The van der Waals surface area contributed by atoms with Crippen LogP contribution in [-0.2, 0) is 0 Å². The molecule has 0 radical (unpaired) electrons. The fourth-order valence-electron chi connectivity index (χ4n) is 2.55. The lowest BCUT2D eigenvalue weighted by Gasteiger charge is -2.11. The molecule has 0 atom stereocenters. The van der Waals surface area contributed by atoms with Crippen LogP contribution < -0.4 is 10.1 Å². The van der Waals surface area contributed by atoms with Crippen molar-refractivity contribution >= 4 is 34.0 Å². The molecule has 0 spiro atoms. The van der Waals surface area contributed by atoms with E-state index in [1.807, 2.05) is 61.5 Å². The highest BCUT2D eigenvalue weighted by Gasteiger charge is 2.11. The van der Waals surface area contributed by atoms with E-state index in [9.17, 15) is 0 Å². The number of pyridine rings is 1. The molecule has 2 N–H and O–H groups in total. The van der Waals surface area contributed by atoms with E-state index in [4.69, 9.17) is 16.3 Å². The van der Waals surface area contributed by atoms with Crippen LogP contribution in [0.25, 0.3) is 10.8 Å². The van der Waals surface area contributed by atoms with Crippen LogP contribution in [0.3, 0.4) is 0 Å². The number of nitrogens with zero attached hydrogens (tertiary/aromatic N) is 2. The van der Waals surface area contributed by atoms with Gasteiger partial charge in [-0.2, -0.15) is 10.1 Å². The number of para-hydroxylation sites is 1. The summed E-state index contributed by atoms with van der Waals surface area (Å²) in [4.78, 5) is 4.60. The van der Waals surface area contributed by atoms with Gasteiger partial charge in [-0.05, 0) is 36.6 Å². The average Bonchev–Trinajstić information content (AvgIpc) is 3.02. The highest BCUT2D eigenvalue weighted by atomic mass is 35.5. The smallest absolute Gasteiger partial charge is 0.229 e. The number of hydrogen-bond donors (Lipinski definition) is 2. The molecule has 2 aromatic heterocycles. The van der Waals surface area contributed by atoms with Crippen LogP contribution >= 0.6 is 11.6 Å². The number of fused-ring (bicyclic) bond motifs is 1. The van der Waals surface area contributed by atoms with Crippen molar-refractivity contribution in [1.82, 2.24) is 15.2 Å². The average molecular weight is 351 g/mol. The first kappa shape index (κ1) is 15.5. The van der Waals surface area contributed by atoms with E-state index in [1.54, 1.807) is 6.07 Å². The Bertz CT molecular complexity index is 1040. The van der Waals surface area contributed by atoms with Crippen LogP contribution in [0.2, 0.25) is 5.02 Å². The quantitative estimate of drug-likeness (QED) is 0.513. The van der Waals surface area contributed by atoms with Gasteiger partial charge in [0, 0.05) is 17.1 Å². The largest absolute Gasteiger partial charge is 0.437 e. The predicted octanol–water partition coefficient (Wildman–Crippen LogP) is 5.46. The third kappa shape index (κ3) is 3.27. The van der Waals surface area contributed by atoms with E-state index >= 15 is 0 Å². The van der Waals surface area contributed by atoms with Gasteiger partial charge >= 0.3 is 0 Å². The number of anilines is 2. The zero-order valence-electron chi connectivity index (χ0n) is 13.5. The van der Waals surface area contributed by atoms with E-state index < -0.39 is 0 Å². The van der Waals surface area contributed by atoms with Crippen molar-refractivity contribution < 1.29 is 4.74 Å². The van der Waals surface area contributed by atoms with Gasteiger partial charge < -0.3 is 10.1 Å². The molecule has 2 aromatic carbocycles. The summed E-state index contributed by atoms with van der Waals surface area (Å²) in [6.07, 6.45) is 0. The molecule has 0 unspecified atom stereocenters. The van der Waals surface area contributed by atoms with E-state index in [0.717, 1.165) is 16.5 Å². The number of hydrogen-bond acceptors (Lipinski definition) is 4. The topological polar surface area (TPSA) is 62.8 Å². The van der Waals surface area contributed by atoms with Crippen LogP contribution in [0.5, 0.6) is 11.6 Å². The Balaban J connectivity index is 1.77. The summed E-state index contributed by atoms with van der Waals surface area (Å²) in [5.41, 5.74) is 0.968. The summed E-state index contributed by atoms with van der Waals surface area (Å²) in [7, 11) is 0. The number of H-pyrrole nitrogens is 1. The summed E-state index contributed by atoms with van der Waals surface area (Å²) in [6, 6.07) is 19.1. The van der Waals surface area contributed by atoms with Gasteiger partial charge in [0.1, 0.15) is 11.6 Å². The van der Waals surface area contributed by atoms with E-state index in [0.29, 0.717) is 28.3 Å². The first-order valence-corrected chi connectivity index (χ1v) is 8.18. The molecule has 0 aliphatic heterocycles. The number of ether oxygens (including phenoxy) is 1. The van der Waals surface area contributed by atoms with Crippen LogP contribution in [0.1, 0.15) is 5.69 Å². The Labute approximate surface area is 149 Å². The molecule has 4 rings (SSSR count). The van der Waals surface area contributed by atoms with Crippen molar-refractivity contribution in [3.63, 3.8) is 0 Å². The molecule has 0 amide bonds. The molecule has 6 heteroatoms. The molecular formula is C19H15ClN4O. The standard InChI is InChI=1S/C19H15ClN4O/c1-12-10-18(24-23-12)21-17-11-13-6-2-3-7-14(13)19(22-17)25-16-9-5-4-8-15(16)20/h2-11H,1H3,(H2,21,22,23,24). The van der Waals surface area contributed by atoms with Crippen molar-refractivity contribution in [2.45, 2.75) is 6.92 Å². The van der Waals surface area contributed by atoms with Gasteiger partial charge in [-0.1, -0.05) is 41.9 Å². The number of rotatable bonds is 4. The summed E-state index contributed by atoms with van der Waals surface area (Å²) in [5, 5.41) is 12.7. The van der Waals surface area contributed by atoms with Gasteiger partial charge in [-0.15, -0.1) is 0 Å². The summed E-state index contributed by atoms with van der Waals surface area (Å²) in [5.74, 6) is 2.40. The first-order chi connectivity index (χ1) is 12.2. The highest BCUT2D eigenvalue weighted by Crippen LogP contribution is 2.34. The number of aromatic amines is 1. The third-order valence-electron chi connectivity index (χ3n) is 3.71. The zero-order valence-corrected chi connectivity index (χ0v) is 14.2. The van der Waals surface area contributed by atoms with E-state index in [2.05, 4.69) is 20.5 Å². The Hall–Kier alpha value is -3.05. The lowest BCUT2D eigenvalue weighted by atomic mass is 10.1. The second-order valence-corrected chi connectivity index (χ2v) is 6.03. The van der Waals surface area contributed by atoms with E-state index in [1.165, 1.54) is 0 Å². The maximum atomic E-state index is 6.22. The van der Waals surface area contributed by atoms with Crippen LogP contribution in [0, 0.1) is 6.92 Å². The molecule has 124 valence electrons. The normalized spacial score (nSPS) is 10.8. The Morgan fingerprint density at radius 3 is 2.60 bits per heavy atom. The first-order valence-electron chi connectivity index (χ1n) is 7.80. The molecule has 0 saturated heterocycles. The maximum absolute atomic E-state index is 6.22. The summed E-state index contributed by atoms with van der Waals surface area (Å²) >= 11 is 6.22. The third-order valence-corrected chi connectivity index (χ3v) is 4.02. The van der Waals surface area contributed by atoms with Crippen molar-refractivity contribution in [2.75, 3.05) is 5.32 Å². The van der Waals surface area contributed by atoms with Gasteiger partial charge in [-0.25, -0.2) is 0 Å². The maximum Gasteiger partial charge on any atom is 0.229 e. The molecule has 25 heavy (non-hydrogen) atoms. The van der Waals surface area contributed by atoms with Gasteiger partial charge in [0.05, 0.1) is 5.02 Å². The zero-order chi connectivity index (χ0) is 17.2. The minimum Gasteiger partial charge on any atom is -0.437 e. The lowest BCUT2D eigenvalue weighted by Crippen LogP contribution is -1.97. The minimum absolute atomic E-state index is 0.487. The van der Waals surface area contributed by atoms with Gasteiger partial charge in [0.2, 0.25) is 5.88 Å². The number of nitrogens with one attached hydrogen (secondary N) is 2. The second kappa shape index (κ2) is 6.45. The number of aromatic nitrogens is 3. The van der Waals surface area contributed by atoms with Crippen molar-refractivity contribution in [2.24, 2.45) is 0 Å². The molecule has 0 aliphatic carbocycles. The van der Waals surface area contributed by atoms with Crippen molar-refractivity contribution in [1.29, 1.82) is 0 Å². The molecule has 5 nitrogen and oxygen atoms in total. The Kier molecular flexibility index (Phi) is 3.99. The molecule has 0 bridgehead atoms. The van der Waals surface area contributed by atoms with Crippen LogP contribution in [-0.4, -0.2) is 15.2 Å². The second-order valence-electron chi connectivity index (χ2n) is 5.63. The molecule has 4 aromatic rings. The van der Waals surface area contributed by atoms with Gasteiger partial charge in [0.25, 0.3) is 0 Å². The highest BCUT2D eigenvalue weighted by molar-refractivity contribution is 6.32. The number of halogens is 1. The lowest BCUT2D eigenvalue weighted by molar-refractivity contribution is 0.470. The predicted molar refractivity (Wildman–Crippen MR) is 99.9 cm³/mol. The Morgan fingerprint density at radius 1 is 1.00 bits per heavy atom. The Morgan fingerprint density at radius 2 is 1.80 bits per heavy atom. The molecule has 0 saturated carbocycles. The molecule has 0 fully saturated rings. The molecule has 2 heterocycles. The number of benzene rings is 2. The molecular weight excluding hydrogens is 336 g/mol. The minimum atomic E-state index is 0.487. The molecule has 0 aliphatic rings. The summed E-state index contributed by atoms with van der Waals surface area (Å²) < 4.78 is 5.99. The van der Waals surface area contributed by atoms with Crippen LogP contribution in [0.15, 0.2) is 60.7 Å². The van der Waals surface area contributed by atoms with E-state index in [-0.39, 0.29) is 0 Å². The number of aryl methyl sites for hydroxylation is 1. The van der Waals surface area contributed by atoms with Crippen molar-refractivity contribution in [3.05, 3.63) is 71.4 Å². The van der Waals surface area contributed by atoms with Crippen molar-refractivity contribution in [3.8, 4) is 11.6 Å². The van der Waals surface area contributed by atoms with Gasteiger partial charge in [-0.3, -0.25) is 5.10 Å². The van der Waals surface area contributed by atoms with Crippen LogP contribution in [0.4, 0.5) is 11.6 Å². The SMILES string of the molecule is Cc1cc(Nc2cc3ccccc3c(Oc3ccccc3Cl)n2)n[nH]1. The summed E-state index contributed by atoms with van der Waals surface area (Å²) in [6.45, 7) is 1.94.